The van der Waals surface area contributed by atoms with Gasteiger partial charge in [0.1, 0.15) is 5.65 Å². The van der Waals surface area contributed by atoms with E-state index in [2.05, 4.69) is 93.0 Å². The fourth-order valence-corrected chi connectivity index (χ4v) is 11.9. The highest BCUT2D eigenvalue weighted by molar-refractivity contribution is 9.10. The Bertz CT molecular complexity index is 682. The molecular formula is C19H32BrN3Si. The number of pyridine rings is 1. The number of nitrogens with zero attached hydrogens (tertiary/aromatic N) is 3. The lowest BCUT2D eigenvalue weighted by atomic mass is 10.2. The first kappa shape index (κ1) is 19.7. The molecule has 134 valence electrons. The summed E-state index contributed by atoms with van der Waals surface area (Å²) in [5.41, 5.74) is 4.49. The summed E-state index contributed by atoms with van der Waals surface area (Å²) in [5, 5.41) is 1.28. The summed E-state index contributed by atoms with van der Waals surface area (Å²) in [6, 6.07) is 2.06. The molecule has 0 aromatic carbocycles. The van der Waals surface area contributed by atoms with Crippen molar-refractivity contribution in [2.45, 2.75) is 64.7 Å². The van der Waals surface area contributed by atoms with Crippen molar-refractivity contribution in [2.75, 3.05) is 14.1 Å². The first-order valence-corrected chi connectivity index (χ1v) is 11.9. The molecule has 0 bridgehead atoms. The minimum Gasteiger partial charge on any atom is -0.358 e. The van der Waals surface area contributed by atoms with E-state index in [0.29, 0.717) is 16.6 Å². The first-order valence-electron chi connectivity index (χ1n) is 8.93. The second kappa shape index (κ2) is 7.30. The van der Waals surface area contributed by atoms with Gasteiger partial charge in [0, 0.05) is 28.8 Å². The Morgan fingerprint density at radius 1 is 1.08 bits per heavy atom. The highest BCUT2D eigenvalue weighted by Crippen LogP contribution is 2.45. The van der Waals surface area contributed by atoms with Gasteiger partial charge in [-0.05, 0) is 58.3 Å². The number of rotatable bonds is 6. The Morgan fingerprint density at radius 3 is 2.08 bits per heavy atom. The highest BCUT2D eigenvalue weighted by Gasteiger charge is 2.46. The van der Waals surface area contributed by atoms with Gasteiger partial charge in [-0.1, -0.05) is 41.5 Å². The molecule has 2 rings (SSSR count). The standard InChI is InChI=1S/C19H32BrN3Si/c1-13(2)24(14(3)4,15(5)6)23-12-16(11-22(7)8)18-17(20)9-10-21-19(18)23/h9-10,12-15H,11H2,1-8H3. The van der Waals surface area contributed by atoms with Crippen LogP contribution in [0.15, 0.2) is 22.9 Å². The van der Waals surface area contributed by atoms with Crippen LogP contribution in [0.25, 0.3) is 11.0 Å². The van der Waals surface area contributed by atoms with Crippen molar-refractivity contribution in [1.29, 1.82) is 0 Å². The molecule has 5 heteroatoms. The molecule has 0 radical (unpaired) electrons. The average Bonchev–Trinajstić information content (AvgIpc) is 2.78. The second-order valence-corrected chi connectivity index (χ2v) is 14.7. The van der Waals surface area contributed by atoms with Crippen LogP contribution in [0.2, 0.25) is 16.6 Å². The van der Waals surface area contributed by atoms with Crippen LogP contribution in [0.1, 0.15) is 47.1 Å². The van der Waals surface area contributed by atoms with Crippen molar-refractivity contribution in [3.8, 4) is 0 Å². The monoisotopic (exact) mass is 409 g/mol. The molecule has 0 spiro atoms. The van der Waals surface area contributed by atoms with Crippen molar-refractivity contribution < 1.29 is 0 Å². The van der Waals surface area contributed by atoms with Gasteiger partial charge in [-0.2, -0.15) is 0 Å². The molecule has 0 fully saturated rings. The molecule has 0 N–H and O–H groups in total. The maximum atomic E-state index is 4.83. The van der Waals surface area contributed by atoms with Gasteiger partial charge in [0.25, 0.3) is 0 Å². The van der Waals surface area contributed by atoms with Gasteiger partial charge in [0.05, 0.1) is 0 Å². The van der Waals surface area contributed by atoms with E-state index in [9.17, 15) is 0 Å². The fourth-order valence-electron chi connectivity index (χ4n) is 4.78. The molecule has 0 amide bonds. The third-order valence-electron chi connectivity index (χ3n) is 5.39. The van der Waals surface area contributed by atoms with Gasteiger partial charge in [-0.15, -0.1) is 0 Å². The third-order valence-corrected chi connectivity index (χ3v) is 12.8. The zero-order valence-electron chi connectivity index (χ0n) is 16.4. The molecule has 0 saturated carbocycles. The summed E-state index contributed by atoms with van der Waals surface area (Å²) in [4.78, 5) is 7.07. The van der Waals surface area contributed by atoms with Gasteiger partial charge >= 0.3 is 0 Å². The van der Waals surface area contributed by atoms with Crippen LogP contribution in [0.5, 0.6) is 0 Å². The Hall–Kier alpha value is -0.653. The Labute approximate surface area is 156 Å². The average molecular weight is 410 g/mol. The number of fused-ring (bicyclic) bond motifs is 1. The lowest BCUT2D eigenvalue weighted by Gasteiger charge is -2.44. The molecule has 0 saturated heterocycles. The molecule has 0 aliphatic heterocycles. The molecule has 24 heavy (non-hydrogen) atoms. The minimum absolute atomic E-state index is 0.654. The predicted octanol–water partition coefficient (Wildman–Crippen LogP) is 5.88. The van der Waals surface area contributed by atoms with E-state index in [4.69, 9.17) is 4.98 Å². The zero-order chi connectivity index (χ0) is 18.2. The van der Waals surface area contributed by atoms with Gasteiger partial charge in [-0.25, -0.2) is 4.98 Å². The van der Waals surface area contributed by atoms with E-state index in [-0.39, 0.29) is 0 Å². The van der Waals surface area contributed by atoms with E-state index in [1.165, 1.54) is 10.9 Å². The normalized spacial score (nSPS) is 13.2. The fraction of sp³-hybridized carbons (Fsp3) is 0.632. The van der Waals surface area contributed by atoms with E-state index < -0.39 is 8.24 Å². The molecule has 0 aliphatic carbocycles. The lowest BCUT2D eigenvalue weighted by Crippen LogP contribution is -2.51. The van der Waals surface area contributed by atoms with Gasteiger partial charge in [0.15, 0.2) is 8.24 Å². The van der Waals surface area contributed by atoms with E-state index in [1.807, 2.05) is 6.20 Å². The number of aromatic nitrogens is 2. The smallest absolute Gasteiger partial charge is 0.171 e. The Morgan fingerprint density at radius 2 is 1.62 bits per heavy atom. The predicted molar refractivity (Wildman–Crippen MR) is 111 cm³/mol. The second-order valence-electron chi connectivity index (χ2n) is 8.10. The number of halogens is 1. The topological polar surface area (TPSA) is 21.1 Å². The summed E-state index contributed by atoms with van der Waals surface area (Å²) < 4.78 is 3.77. The minimum atomic E-state index is -1.81. The zero-order valence-corrected chi connectivity index (χ0v) is 19.0. The molecule has 0 unspecified atom stereocenters. The van der Waals surface area contributed by atoms with Crippen LogP contribution >= 0.6 is 15.9 Å². The molecule has 3 nitrogen and oxygen atoms in total. The summed E-state index contributed by atoms with van der Waals surface area (Å²) in [6.45, 7) is 15.4. The van der Waals surface area contributed by atoms with E-state index in [1.54, 1.807) is 0 Å². The highest BCUT2D eigenvalue weighted by atomic mass is 79.9. The van der Waals surface area contributed by atoms with Crippen molar-refractivity contribution >= 4 is 35.2 Å². The largest absolute Gasteiger partial charge is 0.358 e. The lowest BCUT2D eigenvalue weighted by molar-refractivity contribution is 0.404. The maximum Gasteiger partial charge on any atom is 0.171 e. The molecule has 0 atom stereocenters. The maximum absolute atomic E-state index is 4.83. The van der Waals surface area contributed by atoms with E-state index in [0.717, 1.165) is 16.7 Å². The van der Waals surface area contributed by atoms with Gasteiger partial charge in [-0.3, -0.25) is 0 Å². The first-order chi connectivity index (χ1) is 11.1. The summed E-state index contributed by atoms with van der Waals surface area (Å²) in [7, 11) is 2.45. The number of hydrogen-bond donors (Lipinski definition) is 0. The van der Waals surface area contributed by atoms with E-state index >= 15 is 0 Å². The summed E-state index contributed by atoms with van der Waals surface area (Å²) in [5.74, 6) is 0. The summed E-state index contributed by atoms with van der Waals surface area (Å²) in [6.07, 6.45) is 4.34. The van der Waals surface area contributed by atoms with Crippen molar-refractivity contribution in [3.05, 3.63) is 28.5 Å². The quantitative estimate of drug-likeness (QED) is 0.554. The van der Waals surface area contributed by atoms with Crippen LogP contribution < -0.4 is 0 Å². The van der Waals surface area contributed by atoms with Crippen LogP contribution in [-0.2, 0) is 6.54 Å². The van der Waals surface area contributed by atoms with Crippen molar-refractivity contribution in [1.82, 2.24) is 14.1 Å². The Balaban J connectivity index is 2.86. The van der Waals surface area contributed by atoms with Crippen molar-refractivity contribution in [2.24, 2.45) is 0 Å². The summed E-state index contributed by atoms with van der Waals surface area (Å²) >= 11 is 3.77. The van der Waals surface area contributed by atoms with Crippen LogP contribution in [0, 0.1) is 0 Å². The molecule has 2 aromatic heterocycles. The van der Waals surface area contributed by atoms with Gasteiger partial charge < -0.3 is 9.13 Å². The van der Waals surface area contributed by atoms with Crippen LogP contribution in [0.4, 0.5) is 0 Å². The number of hydrogen-bond acceptors (Lipinski definition) is 2. The van der Waals surface area contributed by atoms with Crippen LogP contribution in [0.3, 0.4) is 0 Å². The van der Waals surface area contributed by atoms with Crippen molar-refractivity contribution in [3.63, 3.8) is 0 Å². The molecule has 2 heterocycles. The molecule has 2 aromatic rings. The third kappa shape index (κ3) is 3.11. The molecular weight excluding hydrogens is 378 g/mol. The SMILES string of the molecule is CC(C)[Si](C(C)C)(C(C)C)n1cc(CN(C)C)c2c(Br)ccnc21. The molecule has 0 aliphatic rings. The Kier molecular flexibility index (Phi) is 5.98. The van der Waals surface area contributed by atoms with Gasteiger partial charge in [0.2, 0.25) is 0 Å². The van der Waals surface area contributed by atoms with Crippen LogP contribution in [-0.4, -0.2) is 36.4 Å².